The second kappa shape index (κ2) is 5.67. The van der Waals surface area contributed by atoms with Crippen LogP contribution < -0.4 is 11.3 Å². The predicted molar refractivity (Wildman–Crippen MR) is 74.6 cm³/mol. The van der Waals surface area contributed by atoms with Crippen molar-refractivity contribution in [2.45, 2.75) is 13.0 Å². The third-order valence-corrected chi connectivity index (χ3v) is 3.41. The molecule has 0 fully saturated rings. The number of rotatable bonds is 3. The van der Waals surface area contributed by atoms with E-state index in [-0.39, 0.29) is 6.04 Å². The molecule has 1 heterocycles. The Bertz CT molecular complexity index is 558. The third kappa shape index (κ3) is 2.65. The Morgan fingerprint density at radius 2 is 2.00 bits per heavy atom. The van der Waals surface area contributed by atoms with E-state index in [1.54, 1.807) is 30.6 Å². The molecule has 0 aliphatic rings. The van der Waals surface area contributed by atoms with E-state index in [1.807, 2.05) is 13.0 Å². The van der Waals surface area contributed by atoms with Crippen LogP contribution in [0, 0.1) is 6.92 Å². The van der Waals surface area contributed by atoms with Crippen LogP contribution in [0.4, 0.5) is 0 Å². The number of pyridine rings is 1. The van der Waals surface area contributed by atoms with E-state index in [9.17, 15) is 0 Å². The maximum absolute atomic E-state index is 6.20. The van der Waals surface area contributed by atoms with Crippen molar-refractivity contribution in [1.82, 2.24) is 10.4 Å². The van der Waals surface area contributed by atoms with Crippen molar-refractivity contribution < 1.29 is 0 Å². The number of nitrogens with zero attached hydrogens (tertiary/aromatic N) is 1. The molecule has 1 unspecified atom stereocenters. The molecule has 0 aliphatic carbocycles. The first kappa shape index (κ1) is 13.3. The number of hydrogen-bond acceptors (Lipinski definition) is 3. The molecular formula is C13H13Cl2N3. The van der Waals surface area contributed by atoms with E-state index < -0.39 is 0 Å². The Balaban J connectivity index is 2.52. The molecule has 0 bridgehead atoms. The number of nitrogens with one attached hydrogen (secondary N) is 1. The molecule has 1 aromatic carbocycles. The standard InChI is InChI=1S/C13H13Cl2N3/c1-8-4-5-17-7-11(8)13(18-16)10-6-9(14)2-3-12(10)15/h2-7,13,18H,16H2,1H3. The van der Waals surface area contributed by atoms with E-state index >= 15 is 0 Å². The van der Waals surface area contributed by atoms with Gasteiger partial charge in [0, 0.05) is 22.4 Å². The van der Waals surface area contributed by atoms with Crippen LogP contribution in [0.5, 0.6) is 0 Å². The summed E-state index contributed by atoms with van der Waals surface area (Å²) in [6.07, 6.45) is 3.52. The molecule has 0 radical (unpaired) electrons. The Hall–Kier alpha value is -1.13. The zero-order chi connectivity index (χ0) is 13.1. The lowest BCUT2D eigenvalue weighted by molar-refractivity contribution is 0.631. The maximum atomic E-state index is 6.20. The smallest absolute Gasteiger partial charge is 0.0742 e. The zero-order valence-corrected chi connectivity index (χ0v) is 11.3. The fourth-order valence-corrected chi connectivity index (χ4v) is 2.27. The van der Waals surface area contributed by atoms with Gasteiger partial charge in [-0.3, -0.25) is 10.8 Å². The van der Waals surface area contributed by atoms with Gasteiger partial charge in [-0.2, -0.15) is 0 Å². The van der Waals surface area contributed by atoms with Gasteiger partial charge < -0.3 is 0 Å². The van der Waals surface area contributed by atoms with Crippen LogP contribution in [-0.4, -0.2) is 4.98 Å². The van der Waals surface area contributed by atoms with Crippen LogP contribution in [0.15, 0.2) is 36.7 Å². The highest BCUT2D eigenvalue weighted by Crippen LogP contribution is 2.31. The number of aryl methyl sites for hydroxylation is 1. The average molecular weight is 282 g/mol. The Labute approximate surface area is 116 Å². The van der Waals surface area contributed by atoms with Crippen molar-refractivity contribution in [3.8, 4) is 0 Å². The summed E-state index contributed by atoms with van der Waals surface area (Å²) in [5.41, 5.74) is 5.66. The first-order chi connectivity index (χ1) is 8.63. The molecule has 1 aromatic heterocycles. The molecular weight excluding hydrogens is 269 g/mol. The fourth-order valence-electron chi connectivity index (χ4n) is 1.86. The first-order valence-corrected chi connectivity index (χ1v) is 6.20. The summed E-state index contributed by atoms with van der Waals surface area (Å²) in [4.78, 5) is 4.12. The van der Waals surface area contributed by atoms with Gasteiger partial charge in [-0.15, -0.1) is 0 Å². The summed E-state index contributed by atoms with van der Waals surface area (Å²) < 4.78 is 0. The molecule has 0 aliphatic heterocycles. The second-order valence-corrected chi connectivity index (χ2v) is 4.84. The van der Waals surface area contributed by atoms with Gasteiger partial charge in [-0.25, -0.2) is 5.43 Å². The predicted octanol–water partition coefficient (Wildman–Crippen LogP) is 3.25. The van der Waals surface area contributed by atoms with Gasteiger partial charge in [0.05, 0.1) is 6.04 Å². The molecule has 0 saturated carbocycles. The van der Waals surface area contributed by atoms with E-state index in [0.717, 1.165) is 16.7 Å². The largest absolute Gasteiger partial charge is 0.271 e. The van der Waals surface area contributed by atoms with Crippen molar-refractivity contribution >= 4 is 23.2 Å². The van der Waals surface area contributed by atoms with Gasteiger partial charge >= 0.3 is 0 Å². The number of hydrazine groups is 1. The van der Waals surface area contributed by atoms with Crippen LogP contribution in [0.25, 0.3) is 0 Å². The highest BCUT2D eigenvalue weighted by atomic mass is 35.5. The molecule has 2 aromatic rings. The monoisotopic (exact) mass is 281 g/mol. The molecule has 1 atom stereocenters. The Morgan fingerprint density at radius 3 is 2.67 bits per heavy atom. The lowest BCUT2D eigenvalue weighted by Crippen LogP contribution is -2.29. The topological polar surface area (TPSA) is 50.9 Å². The summed E-state index contributed by atoms with van der Waals surface area (Å²) in [6, 6.07) is 7.01. The lowest BCUT2D eigenvalue weighted by atomic mass is 9.97. The van der Waals surface area contributed by atoms with Gasteiger partial charge in [0.2, 0.25) is 0 Å². The van der Waals surface area contributed by atoms with Crippen LogP contribution in [0.3, 0.4) is 0 Å². The minimum Gasteiger partial charge on any atom is -0.271 e. The van der Waals surface area contributed by atoms with Gasteiger partial charge in [0.1, 0.15) is 0 Å². The van der Waals surface area contributed by atoms with Gasteiger partial charge in [-0.1, -0.05) is 23.2 Å². The Kier molecular flexibility index (Phi) is 4.19. The molecule has 3 N–H and O–H groups in total. The van der Waals surface area contributed by atoms with Gasteiger partial charge in [0.25, 0.3) is 0 Å². The highest BCUT2D eigenvalue weighted by molar-refractivity contribution is 6.33. The molecule has 3 nitrogen and oxygen atoms in total. The van der Waals surface area contributed by atoms with Crippen molar-refractivity contribution in [2.24, 2.45) is 5.84 Å². The Morgan fingerprint density at radius 1 is 1.22 bits per heavy atom. The molecule has 0 spiro atoms. The highest BCUT2D eigenvalue weighted by Gasteiger charge is 2.18. The second-order valence-electron chi connectivity index (χ2n) is 4.00. The lowest BCUT2D eigenvalue weighted by Gasteiger charge is -2.19. The summed E-state index contributed by atoms with van der Waals surface area (Å²) in [7, 11) is 0. The van der Waals surface area contributed by atoms with Crippen LogP contribution in [0.2, 0.25) is 10.0 Å². The summed E-state index contributed by atoms with van der Waals surface area (Å²) in [5, 5.41) is 1.24. The number of halogens is 2. The van der Waals surface area contributed by atoms with Gasteiger partial charge in [0.15, 0.2) is 0 Å². The number of benzene rings is 1. The molecule has 0 amide bonds. The molecule has 0 saturated heterocycles. The maximum Gasteiger partial charge on any atom is 0.0742 e. The van der Waals surface area contributed by atoms with Crippen LogP contribution in [0.1, 0.15) is 22.7 Å². The van der Waals surface area contributed by atoms with Crippen molar-refractivity contribution in [3.63, 3.8) is 0 Å². The fraction of sp³-hybridized carbons (Fsp3) is 0.154. The SMILES string of the molecule is Cc1ccncc1C(NN)c1cc(Cl)ccc1Cl. The normalized spacial score (nSPS) is 12.4. The third-order valence-electron chi connectivity index (χ3n) is 2.83. The number of nitrogens with two attached hydrogens (primary N) is 1. The molecule has 5 heteroatoms. The quantitative estimate of drug-likeness (QED) is 0.671. The van der Waals surface area contributed by atoms with Crippen molar-refractivity contribution in [1.29, 1.82) is 0 Å². The van der Waals surface area contributed by atoms with Crippen molar-refractivity contribution in [3.05, 3.63) is 63.4 Å². The van der Waals surface area contributed by atoms with Crippen LogP contribution in [-0.2, 0) is 0 Å². The molecule has 2 rings (SSSR count). The minimum atomic E-state index is -0.232. The first-order valence-electron chi connectivity index (χ1n) is 5.45. The summed E-state index contributed by atoms with van der Waals surface area (Å²) in [6.45, 7) is 2.00. The number of hydrogen-bond donors (Lipinski definition) is 2. The van der Waals surface area contributed by atoms with Gasteiger partial charge in [-0.05, 0) is 47.9 Å². The van der Waals surface area contributed by atoms with E-state index in [1.165, 1.54) is 0 Å². The van der Waals surface area contributed by atoms with Crippen molar-refractivity contribution in [2.75, 3.05) is 0 Å². The van der Waals surface area contributed by atoms with Crippen LogP contribution >= 0.6 is 23.2 Å². The van der Waals surface area contributed by atoms with E-state index in [2.05, 4.69) is 10.4 Å². The molecule has 18 heavy (non-hydrogen) atoms. The van der Waals surface area contributed by atoms with E-state index in [4.69, 9.17) is 29.0 Å². The summed E-state index contributed by atoms with van der Waals surface area (Å²) >= 11 is 12.2. The summed E-state index contributed by atoms with van der Waals surface area (Å²) in [5.74, 6) is 5.65. The average Bonchev–Trinajstić information content (AvgIpc) is 2.36. The minimum absolute atomic E-state index is 0.232. The molecule has 94 valence electrons. The number of aromatic nitrogens is 1. The van der Waals surface area contributed by atoms with E-state index in [0.29, 0.717) is 10.0 Å². The zero-order valence-electron chi connectivity index (χ0n) is 9.82.